The Balaban J connectivity index is 4.26. The Morgan fingerprint density at radius 1 is 0.611 bits per heavy atom. The third-order valence-electron chi connectivity index (χ3n) is 5.19. The maximum absolute atomic E-state index is 2.49. The zero-order valence-corrected chi connectivity index (χ0v) is 15.2. The second-order valence-electron chi connectivity index (χ2n) is 7.09. The van der Waals surface area contributed by atoms with Gasteiger partial charge in [-0.3, -0.25) is 0 Å². The van der Waals surface area contributed by atoms with Crippen LogP contribution in [0.15, 0.2) is 0 Å². The van der Waals surface area contributed by atoms with Crippen molar-refractivity contribution >= 4 is 8.07 Å². The molecule has 0 aliphatic heterocycles. The second-order valence-corrected chi connectivity index (χ2v) is 13.3. The van der Waals surface area contributed by atoms with Crippen LogP contribution in [-0.4, -0.2) is 8.07 Å². The lowest BCUT2D eigenvalue weighted by molar-refractivity contribution is 0.616. The first-order valence-corrected chi connectivity index (χ1v) is 10.8. The summed E-state index contributed by atoms with van der Waals surface area (Å²) in [6.45, 7) is 17.2. The summed E-state index contributed by atoms with van der Waals surface area (Å²) in [5.41, 5.74) is 2.81. The SMILES string of the molecule is CCCCCCCC[Si](C(C)C)(C(C)C)C(C)C. The largest absolute Gasteiger partial charge is 0.0654 e. The zero-order valence-electron chi connectivity index (χ0n) is 14.2. The molecule has 0 aliphatic rings. The van der Waals surface area contributed by atoms with Crippen molar-refractivity contribution in [3.8, 4) is 0 Å². The highest BCUT2D eigenvalue weighted by atomic mass is 28.3. The van der Waals surface area contributed by atoms with E-state index >= 15 is 0 Å². The van der Waals surface area contributed by atoms with Crippen molar-refractivity contribution in [1.82, 2.24) is 0 Å². The Morgan fingerprint density at radius 3 is 1.39 bits per heavy atom. The van der Waals surface area contributed by atoms with Crippen LogP contribution in [0, 0.1) is 0 Å². The summed E-state index contributed by atoms with van der Waals surface area (Å²) in [5.74, 6) is 0. The van der Waals surface area contributed by atoms with Crippen LogP contribution in [0.3, 0.4) is 0 Å². The lowest BCUT2D eigenvalue weighted by Crippen LogP contribution is -2.44. The van der Waals surface area contributed by atoms with Gasteiger partial charge in [0.05, 0.1) is 8.07 Å². The van der Waals surface area contributed by atoms with E-state index in [2.05, 4.69) is 48.5 Å². The first-order chi connectivity index (χ1) is 8.39. The number of hydrogen-bond acceptors (Lipinski definition) is 0. The fourth-order valence-electron chi connectivity index (χ4n) is 4.08. The van der Waals surface area contributed by atoms with Crippen molar-refractivity contribution in [2.24, 2.45) is 0 Å². The van der Waals surface area contributed by atoms with Crippen molar-refractivity contribution in [1.29, 1.82) is 0 Å². The molecule has 0 aromatic carbocycles. The van der Waals surface area contributed by atoms with Gasteiger partial charge in [0.1, 0.15) is 0 Å². The Hall–Kier alpha value is 0.217. The summed E-state index contributed by atoms with van der Waals surface area (Å²) in [6.07, 6.45) is 8.68. The quantitative estimate of drug-likeness (QED) is 0.295. The molecule has 18 heavy (non-hydrogen) atoms. The van der Waals surface area contributed by atoms with E-state index in [0.717, 1.165) is 16.6 Å². The number of unbranched alkanes of at least 4 members (excludes halogenated alkanes) is 5. The van der Waals surface area contributed by atoms with E-state index in [-0.39, 0.29) is 0 Å². The monoisotopic (exact) mass is 270 g/mol. The molecule has 1 heteroatoms. The average Bonchev–Trinajstić information content (AvgIpc) is 2.26. The van der Waals surface area contributed by atoms with Crippen LogP contribution in [0.5, 0.6) is 0 Å². The molecule has 0 atom stereocenters. The highest BCUT2D eigenvalue weighted by molar-refractivity contribution is 6.83. The molecule has 0 N–H and O–H groups in total. The smallest absolute Gasteiger partial charge is 0.0612 e. The maximum atomic E-state index is 2.49. The van der Waals surface area contributed by atoms with E-state index in [1.165, 1.54) is 38.5 Å². The Bertz CT molecular complexity index is 172. The third-order valence-corrected chi connectivity index (χ3v) is 12.9. The molecule has 0 unspecified atom stereocenters. The first kappa shape index (κ1) is 18.2. The van der Waals surface area contributed by atoms with Gasteiger partial charge in [0, 0.05) is 0 Å². The minimum Gasteiger partial charge on any atom is -0.0654 e. The van der Waals surface area contributed by atoms with Gasteiger partial charge in [-0.05, 0) is 0 Å². The molecule has 0 fully saturated rings. The van der Waals surface area contributed by atoms with Gasteiger partial charge in [-0.1, -0.05) is 110 Å². The van der Waals surface area contributed by atoms with Crippen molar-refractivity contribution < 1.29 is 0 Å². The zero-order chi connectivity index (χ0) is 14.2. The molecule has 0 spiro atoms. The van der Waals surface area contributed by atoms with Crippen LogP contribution < -0.4 is 0 Å². The van der Waals surface area contributed by atoms with Crippen LogP contribution in [0.25, 0.3) is 0 Å². The molecule has 0 bridgehead atoms. The predicted octanol–water partition coefficient (Wildman–Crippen LogP) is 7.03. The van der Waals surface area contributed by atoms with Crippen LogP contribution in [-0.2, 0) is 0 Å². The van der Waals surface area contributed by atoms with Gasteiger partial charge < -0.3 is 0 Å². The molecule has 0 rings (SSSR count). The lowest BCUT2D eigenvalue weighted by atomic mass is 10.1. The minimum absolute atomic E-state index is 0.938. The predicted molar refractivity (Wildman–Crippen MR) is 89.2 cm³/mol. The van der Waals surface area contributed by atoms with Crippen LogP contribution in [0.4, 0.5) is 0 Å². The van der Waals surface area contributed by atoms with Gasteiger partial charge in [-0.15, -0.1) is 0 Å². The van der Waals surface area contributed by atoms with Crippen molar-refractivity contribution in [3.05, 3.63) is 0 Å². The van der Waals surface area contributed by atoms with Gasteiger partial charge in [0.15, 0.2) is 0 Å². The molecule has 0 saturated heterocycles. The summed E-state index contributed by atoms with van der Waals surface area (Å²) in [6, 6.07) is 1.56. The van der Waals surface area contributed by atoms with Gasteiger partial charge in [-0.2, -0.15) is 0 Å². The Kier molecular flexibility index (Phi) is 9.28. The average molecular weight is 271 g/mol. The lowest BCUT2D eigenvalue weighted by Gasteiger charge is -2.43. The normalized spacial score (nSPS) is 13.0. The molecule has 0 radical (unpaired) electrons. The fourth-order valence-corrected chi connectivity index (χ4v) is 10.7. The van der Waals surface area contributed by atoms with Crippen LogP contribution in [0.2, 0.25) is 22.7 Å². The standard InChI is InChI=1S/C17H38Si/c1-8-9-10-11-12-13-14-18(15(2)3,16(4)5)17(6)7/h15-17H,8-14H2,1-7H3. The molecule has 0 aromatic rings. The van der Waals surface area contributed by atoms with E-state index in [1.807, 2.05) is 0 Å². The molecule has 0 nitrogen and oxygen atoms in total. The number of hydrogen-bond donors (Lipinski definition) is 0. The van der Waals surface area contributed by atoms with Crippen molar-refractivity contribution in [3.63, 3.8) is 0 Å². The fraction of sp³-hybridized carbons (Fsp3) is 1.00. The molecule has 0 aliphatic carbocycles. The van der Waals surface area contributed by atoms with Gasteiger partial charge in [0.2, 0.25) is 0 Å². The highest BCUT2D eigenvalue weighted by Gasteiger charge is 2.41. The molecule has 110 valence electrons. The Labute approximate surface area is 118 Å². The first-order valence-electron chi connectivity index (χ1n) is 8.39. The molecule has 0 amide bonds. The molecule has 0 aromatic heterocycles. The van der Waals surface area contributed by atoms with Crippen LogP contribution >= 0.6 is 0 Å². The molecule has 0 saturated carbocycles. The molecular formula is C17H38Si. The maximum Gasteiger partial charge on any atom is 0.0612 e. The van der Waals surface area contributed by atoms with E-state index < -0.39 is 8.07 Å². The summed E-state index contributed by atoms with van der Waals surface area (Å²) in [5, 5.41) is 0. The topological polar surface area (TPSA) is 0 Å². The second kappa shape index (κ2) is 9.17. The summed E-state index contributed by atoms with van der Waals surface area (Å²) in [7, 11) is -1.10. The minimum atomic E-state index is -1.10. The van der Waals surface area contributed by atoms with E-state index in [9.17, 15) is 0 Å². The van der Waals surface area contributed by atoms with Gasteiger partial charge in [-0.25, -0.2) is 0 Å². The summed E-state index contributed by atoms with van der Waals surface area (Å²) in [4.78, 5) is 0. The summed E-state index contributed by atoms with van der Waals surface area (Å²) < 4.78 is 0. The van der Waals surface area contributed by atoms with Crippen molar-refractivity contribution in [2.75, 3.05) is 0 Å². The van der Waals surface area contributed by atoms with Gasteiger partial charge in [0.25, 0.3) is 0 Å². The van der Waals surface area contributed by atoms with Crippen LogP contribution in [0.1, 0.15) is 87.0 Å². The van der Waals surface area contributed by atoms with E-state index in [4.69, 9.17) is 0 Å². The van der Waals surface area contributed by atoms with E-state index in [1.54, 1.807) is 6.04 Å². The Morgan fingerprint density at radius 2 is 1.00 bits per heavy atom. The van der Waals surface area contributed by atoms with E-state index in [0.29, 0.717) is 0 Å². The molecule has 0 heterocycles. The third kappa shape index (κ3) is 5.07. The highest BCUT2D eigenvalue weighted by Crippen LogP contribution is 2.45. The van der Waals surface area contributed by atoms with Gasteiger partial charge >= 0.3 is 0 Å². The summed E-state index contributed by atoms with van der Waals surface area (Å²) >= 11 is 0. The number of rotatable bonds is 10. The van der Waals surface area contributed by atoms with Crippen molar-refractivity contribution in [2.45, 2.75) is 110 Å². The molecular weight excluding hydrogens is 232 g/mol.